The van der Waals surface area contributed by atoms with E-state index in [0.717, 1.165) is 60.0 Å². The van der Waals surface area contributed by atoms with E-state index in [1.807, 2.05) is 31.2 Å². The lowest BCUT2D eigenvalue weighted by Gasteiger charge is -2.10. The number of nitrogens with zero attached hydrogens (tertiary/aromatic N) is 3. The van der Waals surface area contributed by atoms with Gasteiger partial charge in [-0.15, -0.1) is 0 Å². The molecule has 0 saturated carbocycles. The Labute approximate surface area is 160 Å². The van der Waals surface area contributed by atoms with Crippen LogP contribution in [0.15, 0.2) is 24.3 Å². The summed E-state index contributed by atoms with van der Waals surface area (Å²) in [5.41, 5.74) is 8.75. The van der Waals surface area contributed by atoms with Gasteiger partial charge in [-0.3, -0.25) is 0 Å². The van der Waals surface area contributed by atoms with Gasteiger partial charge in [0.2, 0.25) is 0 Å². The summed E-state index contributed by atoms with van der Waals surface area (Å²) in [7, 11) is -2.94. The smallest absolute Gasteiger partial charge is 0.152 e. The van der Waals surface area contributed by atoms with Crippen molar-refractivity contribution in [3.05, 3.63) is 30.1 Å². The lowest BCUT2D eigenvalue weighted by Crippen LogP contribution is -2.12. The minimum absolute atomic E-state index is 0.255. The summed E-state index contributed by atoms with van der Waals surface area (Å²) in [4.78, 5) is 9.18. The summed E-state index contributed by atoms with van der Waals surface area (Å²) in [5.74, 6) is 1.96. The van der Waals surface area contributed by atoms with Gasteiger partial charge in [0.05, 0.1) is 22.5 Å². The largest absolute Gasteiger partial charge is 0.382 e. The van der Waals surface area contributed by atoms with Crippen molar-refractivity contribution < 1.29 is 8.42 Å². The highest BCUT2D eigenvalue weighted by atomic mass is 32.2. The molecule has 0 radical (unpaired) electrons. The van der Waals surface area contributed by atoms with Crippen LogP contribution in [0, 0.1) is 0 Å². The van der Waals surface area contributed by atoms with Gasteiger partial charge in [0.25, 0.3) is 0 Å². The molecular formula is C20H28N4O2S. The first-order chi connectivity index (χ1) is 13.0. The van der Waals surface area contributed by atoms with E-state index < -0.39 is 9.84 Å². The van der Waals surface area contributed by atoms with Crippen LogP contribution in [0.5, 0.6) is 0 Å². The predicted molar refractivity (Wildman–Crippen MR) is 112 cm³/mol. The third kappa shape index (κ3) is 4.24. The van der Waals surface area contributed by atoms with Gasteiger partial charge < -0.3 is 10.3 Å². The Balaban J connectivity index is 1.86. The number of nitrogens with two attached hydrogens (primary N) is 1. The summed E-state index contributed by atoms with van der Waals surface area (Å²) in [6.45, 7) is 4.81. The number of fused-ring (bicyclic) bond motifs is 3. The second kappa shape index (κ2) is 8.25. The third-order valence-corrected chi connectivity index (χ3v) is 6.72. The highest BCUT2D eigenvalue weighted by Gasteiger charge is 2.16. The number of hydrogen-bond donors (Lipinski definition) is 1. The number of nitrogen functional groups attached to an aromatic ring is 1. The summed E-state index contributed by atoms with van der Waals surface area (Å²) >= 11 is 0. The number of anilines is 1. The van der Waals surface area contributed by atoms with E-state index in [4.69, 9.17) is 10.7 Å². The van der Waals surface area contributed by atoms with E-state index in [1.54, 1.807) is 0 Å². The van der Waals surface area contributed by atoms with Gasteiger partial charge in [0.1, 0.15) is 21.2 Å². The number of rotatable bonds is 9. The topological polar surface area (TPSA) is 90.9 Å². The van der Waals surface area contributed by atoms with Gasteiger partial charge in [0.15, 0.2) is 5.82 Å². The van der Waals surface area contributed by atoms with Crippen LogP contribution < -0.4 is 5.73 Å². The molecule has 0 saturated heterocycles. The van der Waals surface area contributed by atoms with Crippen molar-refractivity contribution in [1.82, 2.24) is 14.5 Å². The van der Waals surface area contributed by atoms with Crippen LogP contribution in [0.3, 0.4) is 0 Å². The van der Waals surface area contributed by atoms with E-state index in [9.17, 15) is 8.42 Å². The van der Waals surface area contributed by atoms with Crippen molar-refractivity contribution in [2.45, 2.75) is 52.5 Å². The summed E-state index contributed by atoms with van der Waals surface area (Å²) in [5, 5.41) is 1.03. The zero-order valence-corrected chi connectivity index (χ0v) is 16.9. The van der Waals surface area contributed by atoms with Crippen LogP contribution in [-0.2, 0) is 22.8 Å². The van der Waals surface area contributed by atoms with E-state index in [-0.39, 0.29) is 5.75 Å². The highest BCUT2D eigenvalue weighted by molar-refractivity contribution is 7.91. The van der Waals surface area contributed by atoms with Crippen molar-refractivity contribution >= 4 is 37.6 Å². The van der Waals surface area contributed by atoms with Crippen molar-refractivity contribution in [3.63, 3.8) is 0 Å². The molecule has 2 heterocycles. The Hall–Kier alpha value is -2.15. The number of aryl methyl sites for hydroxylation is 2. The highest BCUT2D eigenvalue weighted by Crippen LogP contribution is 2.29. The van der Waals surface area contributed by atoms with Crippen LogP contribution in [0.25, 0.3) is 21.9 Å². The third-order valence-electron chi connectivity index (χ3n) is 4.90. The number of benzene rings is 1. The molecule has 27 heavy (non-hydrogen) atoms. The molecule has 7 heteroatoms. The molecule has 0 spiro atoms. The number of aromatic nitrogens is 3. The van der Waals surface area contributed by atoms with Crippen LogP contribution in [-0.4, -0.2) is 34.5 Å². The van der Waals surface area contributed by atoms with Gasteiger partial charge in [-0.2, -0.15) is 0 Å². The average Bonchev–Trinajstić information content (AvgIpc) is 3.03. The van der Waals surface area contributed by atoms with Crippen molar-refractivity contribution in [2.24, 2.45) is 0 Å². The Kier molecular flexibility index (Phi) is 5.99. The van der Waals surface area contributed by atoms with Crippen molar-refractivity contribution in [3.8, 4) is 0 Å². The van der Waals surface area contributed by atoms with E-state index in [1.165, 1.54) is 0 Å². The lowest BCUT2D eigenvalue weighted by atomic mass is 10.2. The molecule has 3 rings (SSSR count). The fourth-order valence-electron chi connectivity index (χ4n) is 3.47. The number of unbranched alkanes of at least 4 members (excludes halogenated alkanes) is 2. The Morgan fingerprint density at radius 1 is 1.04 bits per heavy atom. The molecule has 0 aliphatic rings. The fraction of sp³-hybridized carbons (Fsp3) is 0.500. The standard InChI is InChI=1S/C20H28N4O2S/c1-3-5-13-27(25,26)14-9-8-12-24-17(4-2)23-18-19(24)15-10-6-7-11-16(15)22-20(18)21/h6-7,10-11H,3-5,8-9,12-14H2,1-2H3,(H2,21,22). The second-order valence-electron chi connectivity index (χ2n) is 6.96. The Morgan fingerprint density at radius 2 is 1.78 bits per heavy atom. The Bertz CT molecular complexity index is 1040. The average molecular weight is 389 g/mol. The molecule has 0 aliphatic carbocycles. The maximum atomic E-state index is 12.1. The van der Waals surface area contributed by atoms with Crippen LogP contribution in [0.4, 0.5) is 5.82 Å². The normalized spacial score (nSPS) is 12.2. The first kappa shape index (κ1) is 19.6. The molecule has 2 aromatic heterocycles. The van der Waals surface area contributed by atoms with E-state index in [2.05, 4.69) is 16.5 Å². The first-order valence-corrected chi connectivity index (χ1v) is 11.5. The number of hydrogen-bond acceptors (Lipinski definition) is 5. The van der Waals surface area contributed by atoms with Gasteiger partial charge in [-0.25, -0.2) is 18.4 Å². The molecule has 6 nitrogen and oxygen atoms in total. The molecule has 3 aromatic rings. The first-order valence-electron chi connectivity index (χ1n) is 9.70. The molecular weight excluding hydrogens is 360 g/mol. The lowest BCUT2D eigenvalue weighted by molar-refractivity contribution is 0.579. The van der Waals surface area contributed by atoms with Gasteiger partial charge in [0, 0.05) is 18.4 Å². The molecule has 0 amide bonds. The maximum Gasteiger partial charge on any atom is 0.152 e. The van der Waals surface area contributed by atoms with Crippen molar-refractivity contribution in [2.75, 3.05) is 17.2 Å². The zero-order valence-electron chi connectivity index (χ0n) is 16.1. The second-order valence-corrected chi connectivity index (χ2v) is 9.26. The minimum Gasteiger partial charge on any atom is -0.382 e. The fourth-order valence-corrected chi connectivity index (χ4v) is 5.05. The van der Waals surface area contributed by atoms with Gasteiger partial charge >= 0.3 is 0 Å². The summed E-state index contributed by atoms with van der Waals surface area (Å²) in [6, 6.07) is 7.93. The van der Waals surface area contributed by atoms with E-state index >= 15 is 0 Å². The van der Waals surface area contributed by atoms with Crippen LogP contribution in [0.2, 0.25) is 0 Å². The summed E-state index contributed by atoms with van der Waals surface area (Å²) < 4.78 is 26.3. The molecule has 0 fully saturated rings. The molecule has 1 aromatic carbocycles. The monoisotopic (exact) mass is 388 g/mol. The molecule has 0 bridgehead atoms. The maximum absolute atomic E-state index is 12.1. The quantitative estimate of drug-likeness (QED) is 0.564. The predicted octanol–water partition coefficient (Wildman–Crippen LogP) is 3.72. The van der Waals surface area contributed by atoms with Crippen molar-refractivity contribution in [1.29, 1.82) is 0 Å². The molecule has 146 valence electrons. The van der Waals surface area contributed by atoms with Gasteiger partial charge in [-0.1, -0.05) is 38.5 Å². The van der Waals surface area contributed by atoms with Crippen LogP contribution in [0.1, 0.15) is 45.4 Å². The molecule has 0 aliphatic heterocycles. The zero-order chi connectivity index (χ0) is 19.4. The number of pyridine rings is 1. The summed E-state index contributed by atoms with van der Waals surface area (Å²) in [6.07, 6.45) is 3.89. The van der Waals surface area contributed by atoms with Gasteiger partial charge in [-0.05, 0) is 25.3 Å². The molecule has 0 unspecified atom stereocenters. The molecule has 0 atom stereocenters. The van der Waals surface area contributed by atoms with E-state index in [0.29, 0.717) is 18.0 Å². The minimum atomic E-state index is -2.94. The molecule has 2 N–H and O–H groups in total. The number of para-hydroxylation sites is 1. The SMILES string of the molecule is CCCCS(=O)(=O)CCCCn1c(CC)nc2c(N)nc3ccccc3c21. The number of sulfone groups is 1. The number of imidazole rings is 1. The Morgan fingerprint density at radius 3 is 2.52 bits per heavy atom. The van der Waals surface area contributed by atoms with Crippen LogP contribution >= 0.6 is 0 Å².